The number of ether oxygens (including phenoxy) is 1. The molecule has 0 aliphatic carbocycles. The average Bonchev–Trinajstić information content (AvgIpc) is 3.04. The molecule has 0 spiro atoms. The third-order valence-electron chi connectivity index (χ3n) is 3.62. The van der Waals surface area contributed by atoms with Crippen molar-refractivity contribution < 1.29 is 19.4 Å². The van der Waals surface area contributed by atoms with Crippen LogP contribution < -0.4 is 0 Å². The molecular weight excluding hydrogens is 357 g/mol. The fourth-order valence-corrected chi connectivity index (χ4v) is 2.89. The van der Waals surface area contributed by atoms with Gasteiger partial charge in [0, 0.05) is 17.8 Å². The van der Waals surface area contributed by atoms with Crippen LogP contribution in [0.5, 0.6) is 0 Å². The summed E-state index contributed by atoms with van der Waals surface area (Å²) in [7, 11) is 0. The number of nitrogens with zero attached hydrogens (tertiary/aromatic N) is 3. The van der Waals surface area contributed by atoms with E-state index in [0.29, 0.717) is 27.8 Å². The van der Waals surface area contributed by atoms with E-state index in [1.165, 1.54) is 15.8 Å². The van der Waals surface area contributed by atoms with Crippen LogP contribution >= 0.6 is 23.2 Å². The van der Waals surface area contributed by atoms with Crippen LogP contribution in [0.3, 0.4) is 0 Å². The lowest BCUT2D eigenvalue weighted by Crippen LogP contribution is -2.48. The first-order valence-corrected chi connectivity index (χ1v) is 7.85. The number of morpholine rings is 1. The topological polar surface area (TPSA) is 84.7 Å². The van der Waals surface area contributed by atoms with Crippen LogP contribution in [0.15, 0.2) is 30.6 Å². The molecule has 0 bridgehead atoms. The molecule has 1 atom stereocenters. The molecule has 1 fully saturated rings. The van der Waals surface area contributed by atoms with Crippen LogP contribution in [0.4, 0.5) is 0 Å². The van der Waals surface area contributed by atoms with E-state index in [2.05, 4.69) is 5.10 Å². The molecule has 24 heavy (non-hydrogen) atoms. The summed E-state index contributed by atoms with van der Waals surface area (Å²) in [5.74, 6) is -1.39. The van der Waals surface area contributed by atoms with E-state index in [0.717, 1.165) is 0 Å². The first-order chi connectivity index (χ1) is 11.5. The van der Waals surface area contributed by atoms with Crippen molar-refractivity contribution in [2.45, 2.75) is 6.10 Å². The number of hydrogen-bond donors (Lipinski definition) is 1. The standard InChI is InChI=1S/C15H13Cl2N3O4/c16-10-1-2-12(11(17)5-10)20-7-9(6-18-20)14(21)19-3-4-24-13(8-19)15(22)23/h1-2,5-7,13H,3-4,8H2,(H,22,23)/t13-/m0/s1. The Labute approximate surface area is 147 Å². The Balaban J connectivity index is 1.80. The number of carbonyl (C=O) groups is 2. The fourth-order valence-electron chi connectivity index (χ4n) is 2.40. The van der Waals surface area contributed by atoms with Gasteiger partial charge in [-0.05, 0) is 18.2 Å². The number of carbonyl (C=O) groups excluding carboxylic acids is 1. The summed E-state index contributed by atoms with van der Waals surface area (Å²) in [6, 6.07) is 4.95. The van der Waals surface area contributed by atoms with Gasteiger partial charge in [-0.15, -0.1) is 0 Å². The number of carboxylic acids is 1. The number of carboxylic acid groups (broad SMARTS) is 1. The van der Waals surface area contributed by atoms with E-state index in [4.69, 9.17) is 33.0 Å². The predicted octanol–water partition coefficient (Wildman–Crippen LogP) is 2.10. The molecule has 1 amide bonds. The lowest BCUT2D eigenvalue weighted by Gasteiger charge is -2.30. The van der Waals surface area contributed by atoms with Crippen LogP contribution in [-0.4, -0.2) is 57.5 Å². The largest absolute Gasteiger partial charge is 0.479 e. The van der Waals surface area contributed by atoms with Crippen LogP contribution in [-0.2, 0) is 9.53 Å². The normalized spacial score (nSPS) is 17.8. The van der Waals surface area contributed by atoms with Crippen LogP contribution in [0, 0.1) is 0 Å². The SMILES string of the molecule is O=C(O)[C@@H]1CN(C(=O)c2cnn(-c3ccc(Cl)cc3Cl)c2)CCO1. The van der Waals surface area contributed by atoms with Crippen molar-refractivity contribution in [1.29, 1.82) is 0 Å². The Kier molecular flexibility index (Phi) is 4.75. The quantitative estimate of drug-likeness (QED) is 0.895. The molecule has 3 rings (SSSR count). The highest BCUT2D eigenvalue weighted by Crippen LogP contribution is 2.24. The third kappa shape index (κ3) is 3.38. The number of aliphatic carboxylic acids is 1. The molecule has 1 aliphatic rings. The summed E-state index contributed by atoms with van der Waals surface area (Å²) in [4.78, 5) is 25.0. The maximum atomic E-state index is 12.5. The second-order valence-electron chi connectivity index (χ2n) is 5.22. The molecule has 7 nitrogen and oxygen atoms in total. The van der Waals surface area contributed by atoms with Gasteiger partial charge in [0.15, 0.2) is 6.10 Å². The first-order valence-electron chi connectivity index (χ1n) is 7.09. The van der Waals surface area contributed by atoms with Gasteiger partial charge in [-0.25, -0.2) is 9.48 Å². The van der Waals surface area contributed by atoms with Gasteiger partial charge >= 0.3 is 5.97 Å². The van der Waals surface area contributed by atoms with Crippen LogP contribution in [0.2, 0.25) is 10.0 Å². The Morgan fingerprint density at radius 1 is 1.33 bits per heavy atom. The Hall–Kier alpha value is -2.09. The van der Waals surface area contributed by atoms with Crippen molar-refractivity contribution in [2.24, 2.45) is 0 Å². The monoisotopic (exact) mass is 369 g/mol. The van der Waals surface area contributed by atoms with Crippen molar-refractivity contribution in [3.05, 3.63) is 46.2 Å². The minimum Gasteiger partial charge on any atom is -0.479 e. The van der Waals surface area contributed by atoms with E-state index in [1.807, 2.05) is 0 Å². The summed E-state index contributed by atoms with van der Waals surface area (Å²) in [6.07, 6.45) is 1.95. The van der Waals surface area contributed by atoms with Crippen LogP contribution in [0.1, 0.15) is 10.4 Å². The molecule has 1 aromatic heterocycles. The molecule has 0 saturated carbocycles. The van der Waals surface area contributed by atoms with Gasteiger partial charge in [0.1, 0.15) is 0 Å². The Bertz CT molecular complexity index is 793. The molecule has 1 aliphatic heterocycles. The van der Waals surface area contributed by atoms with Gasteiger partial charge < -0.3 is 14.7 Å². The second kappa shape index (κ2) is 6.80. The number of hydrogen-bond acceptors (Lipinski definition) is 4. The molecule has 126 valence electrons. The molecule has 1 saturated heterocycles. The highest BCUT2D eigenvalue weighted by Gasteiger charge is 2.30. The van der Waals surface area contributed by atoms with Crippen molar-refractivity contribution >= 4 is 35.1 Å². The van der Waals surface area contributed by atoms with Crippen molar-refractivity contribution in [3.63, 3.8) is 0 Å². The van der Waals surface area contributed by atoms with E-state index in [-0.39, 0.29) is 19.1 Å². The lowest BCUT2D eigenvalue weighted by molar-refractivity contribution is -0.154. The highest BCUT2D eigenvalue weighted by molar-refractivity contribution is 6.35. The van der Waals surface area contributed by atoms with Crippen molar-refractivity contribution in [3.8, 4) is 5.69 Å². The van der Waals surface area contributed by atoms with E-state index in [1.54, 1.807) is 24.4 Å². The average molecular weight is 370 g/mol. The first kappa shape index (κ1) is 16.8. The smallest absolute Gasteiger partial charge is 0.334 e. The van der Waals surface area contributed by atoms with E-state index in [9.17, 15) is 9.59 Å². The van der Waals surface area contributed by atoms with E-state index >= 15 is 0 Å². The minimum absolute atomic E-state index is 0.00104. The number of amides is 1. The fraction of sp³-hybridized carbons (Fsp3) is 0.267. The minimum atomic E-state index is -1.09. The summed E-state index contributed by atoms with van der Waals surface area (Å²) >= 11 is 12.0. The summed E-state index contributed by atoms with van der Waals surface area (Å²) in [5.41, 5.74) is 0.928. The lowest BCUT2D eigenvalue weighted by atomic mass is 10.2. The zero-order valence-electron chi connectivity index (χ0n) is 12.4. The summed E-state index contributed by atoms with van der Waals surface area (Å²) in [6.45, 7) is 0.510. The molecule has 2 heterocycles. The molecule has 0 radical (unpaired) electrons. The van der Waals surface area contributed by atoms with Gasteiger partial charge in [-0.2, -0.15) is 5.10 Å². The van der Waals surface area contributed by atoms with Crippen LogP contribution in [0.25, 0.3) is 5.69 Å². The van der Waals surface area contributed by atoms with Gasteiger partial charge in [0.05, 0.1) is 35.6 Å². The molecule has 2 aromatic rings. The predicted molar refractivity (Wildman–Crippen MR) is 86.9 cm³/mol. The molecule has 9 heteroatoms. The summed E-state index contributed by atoms with van der Waals surface area (Å²) in [5, 5.41) is 14.1. The third-order valence-corrected chi connectivity index (χ3v) is 4.15. The Morgan fingerprint density at radius 3 is 2.83 bits per heavy atom. The van der Waals surface area contributed by atoms with Crippen molar-refractivity contribution in [2.75, 3.05) is 19.7 Å². The van der Waals surface area contributed by atoms with Gasteiger partial charge in [-0.1, -0.05) is 23.2 Å². The molecular formula is C15H13Cl2N3O4. The number of benzene rings is 1. The summed E-state index contributed by atoms with van der Waals surface area (Å²) < 4.78 is 6.59. The number of halogens is 2. The van der Waals surface area contributed by atoms with Gasteiger partial charge in [0.2, 0.25) is 0 Å². The van der Waals surface area contributed by atoms with Gasteiger partial charge in [0.25, 0.3) is 5.91 Å². The zero-order valence-corrected chi connectivity index (χ0v) is 13.9. The maximum absolute atomic E-state index is 12.5. The second-order valence-corrected chi connectivity index (χ2v) is 6.06. The molecule has 1 N–H and O–H groups in total. The van der Waals surface area contributed by atoms with E-state index < -0.39 is 12.1 Å². The Morgan fingerprint density at radius 2 is 2.12 bits per heavy atom. The zero-order chi connectivity index (χ0) is 17.3. The number of aromatic nitrogens is 2. The number of rotatable bonds is 3. The molecule has 0 unspecified atom stereocenters. The van der Waals surface area contributed by atoms with Crippen molar-refractivity contribution in [1.82, 2.24) is 14.7 Å². The molecule has 1 aromatic carbocycles. The van der Waals surface area contributed by atoms with Gasteiger partial charge in [-0.3, -0.25) is 4.79 Å². The highest BCUT2D eigenvalue weighted by atomic mass is 35.5. The maximum Gasteiger partial charge on any atom is 0.334 e.